The van der Waals surface area contributed by atoms with Crippen LogP contribution in [0.2, 0.25) is 5.02 Å². The molecule has 3 rings (SSSR count). The van der Waals surface area contributed by atoms with E-state index in [1.165, 1.54) is 0 Å². The van der Waals surface area contributed by atoms with Gasteiger partial charge in [-0.15, -0.1) is 24.0 Å². The molecule has 1 fully saturated rings. The van der Waals surface area contributed by atoms with Gasteiger partial charge in [0.15, 0.2) is 5.96 Å². The number of halogens is 2. The molecule has 2 aromatic rings. The van der Waals surface area contributed by atoms with Gasteiger partial charge in [0, 0.05) is 38.9 Å². The predicted molar refractivity (Wildman–Crippen MR) is 125 cm³/mol. The van der Waals surface area contributed by atoms with Crippen LogP contribution in [0.3, 0.4) is 0 Å². The summed E-state index contributed by atoms with van der Waals surface area (Å²) in [5.74, 6) is 2.56. The van der Waals surface area contributed by atoms with Crippen molar-refractivity contribution in [1.82, 2.24) is 20.5 Å². The van der Waals surface area contributed by atoms with Crippen molar-refractivity contribution >= 4 is 47.4 Å². The SMILES string of the molecule is CN=C(NCC(c1ccco1)N(C)C)NC1CCN(c2ncccc2Cl)C1.I. The third kappa shape index (κ3) is 5.74. The zero-order valence-electron chi connectivity index (χ0n) is 16.4. The summed E-state index contributed by atoms with van der Waals surface area (Å²) in [6.45, 7) is 2.45. The highest BCUT2D eigenvalue weighted by molar-refractivity contribution is 14.0. The van der Waals surface area contributed by atoms with Crippen LogP contribution in [0, 0.1) is 0 Å². The Morgan fingerprint density at radius 3 is 2.89 bits per heavy atom. The molecule has 1 saturated heterocycles. The molecule has 2 aromatic heterocycles. The van der Waals surface area contributed by atoms with Crippen LogP contribution < -0.4 is 15.5 Å². The molecule has 7 nitrogen and oxygen atoms in total. The minimum Gasteiger partial charge on any atom is -0.468 e. The molecule has 0 amide bonds. The summed E-state index contributed by atoms with van der Waals surface area (Å²) in [5, 5.41) is 7.60. The van der Waals surface area contributed by atoms with Crippen LogP contribution in [0.1, 0.15) is 18.2 Å². The van der Waals surface area contributed by atoms with Gasteiger partial charge in [0.1, 0.15) is 11.6 Å². The molecule has 3 heterocycles. The molecule has 2 N–H and O–H groups in total. The van der Waals surface area contributed by atoms with Gasteiger partial charge >= 0.3 is 0 Å². The maximum Gasteiger partial charge on any atom is 0.191 e. The summed E-state index contributed by atoms with van der Waals surface area (Å²) in [6, 6.07) is 8.05. The first-order chi connectivity index (χ1) is 13.1. The van der Waals surface area contributed by atoms with Crippen LogP contribution >= 0.6 is 35.6 Å². The Balaban J connectivity index is 0.00000280. The average Bonchev–Trinajstić information content (AvgIpc) is 3.33. The maximum atomic E-state index is 6.27. The van der Waals surface area contributed by atoms with E-state index in [4.69, 9.17) is 16.0 Å². The van der Waals surface area contributed by atoms with Crippen LogP contribution in [0.15, 0.2) is 46.1 Å². The molecule has 0 radical (unpaired) electrons. The third-order valence-electron chi connectivity index (χ3n) is 4.75. The Morgan fingerprint density at radius 2 is 2.25 bits per heavy atom. The highest BCUT2D eigenvalue weighted by Gasteiger charge is 2.26. The van der Waals surface area contributed by atoms with E-state index in [0.717, 1.165) is 37.0 Å². The highest BCUT2D eigenvalue weighted by Crippen LogP contribution is 2.25. The molecule has 0 spiro atoms. The van der Waals surface area contributed by atoms with E-state index in [1.54, 1.807) is 19.5 Å². The second-order valence-corrected chi connectivity index (χ2v) is 7.24. The summed E-state index contributed by atoms with van der Waals surface area (Å²) in [4.78, 5) is 13.1. The van der Waals surface area contributed by atoms with Gasteiger partial charge in [0.25, 0.3) is 0 Å². The quantitative estimate of drug-likeness (QED) is 0.348. The second kappa shape index (κ2) is 10.9. The van der Waals surface area contributed by atoms with Crippen molar-refractivity contribution in [2.45, 2.75) is 18.5 Å². The molecule has 0 aromatic carbocycles. The smallest absolute Gasteiger partial charge is 0.191 e. The number of aromatic nitrogens is 1. The van der Waals surface area contributed by atoms with Gasteiger partial charge in [0.2, 0.25) is 0 Å². The molecule has 0 aliphatic carbocycles. The van der Waals surface area contributed by atoms with Gasteiger partial charge in [-0.2, -0.15) is 0 Å². The molecule has 1 aliphatic heterocycles. The van der Waals surface area contributed by atoms with E-state index in [9.17, 15) is 0 Å². The lowest BCUT2D eigenvalue weighted by atomic mass is 10.2. The number of guanidine groups is 1. The van der Waals surface area contributed by atoms with Crippen molar-refractivity contribution in [2.24, 2.45) is 4.99 Å². The van der Waals surface area contributed by atoms with Gasteiger partial charge in [0.05, 0.1) is 17.3 Å². The van der Waals surface area contributed by atoms with Crippen molar-refractivity contribution in [2.75, 3.05) is 45.7 Å². The molecular formula is C19H28ClIN6O. The van der Waals surface area contributed by atoms with Gasteiger partial charge in [-0.1, -0.05) is 11.6 Å². The molecule has 0 saturated carbocycles. The zero-order valence-corrected chi connectivity index (χ0v) is 19.5. The molecular weight excluding hydrogens is 491 g/mol. The standard InChI is InChI=1S/C19H27ClN6O.HI/c1-21-19(23-12-16(25(2)3)17-7-5-11-27-17)24-14-8-10-26(13-14)18-15(20)6-4-9-22-18;/h4-7,9,11,14,16H,8,10,12-13H2,1-3H3,(H2,21,23,24);1H. The number of anilines is 1. The van der Waals surface area contributed by atoms with Gasteiger partial charge in [-0.3, -0.25) is 9.89 Å². The Labute approximate surface area is 188 Å². The van der Waals surface area contributed by atoms with Gasteiger partial charge in [-0.25, -0.2) is 4.98 Å². The first-order valence-electron chi connectivity index (χ1n) is 9.11. The normalized spacial score (nSPS) is 18.1. The fourth-order valence-corrected chi connectivity index (χ4v) is 3.52. The first kappa shape index (κ1) is 22.8. The molecule has 28 heavy (non-hydrogen) atoms. The Kier molecular flexibility index (Phi) is 8.84. The Morgan fingerprint density at radius 1 is 1.43 bits per heavy atom. The molecule has 2 atom stereocenters. The summed E-state index contributed by atoms with van der Waals surface area (Å²) >= 11 is 6.27. The number of nitrogens with zero attached hydrogens (tertiary/aromatic N) is 4. The number of aliphatic imine (C=N–C) groups is 1. The lowest BCUT2D eigenvalue weighted by Gasteiger charge is -2.25. The molecule has 154 valence electrons. The highest BCUT2D eigenvalue weighted by atomic mass is 127. The van der Waals surface area contributed by atoms with Crippen LogP contribution in [0.5, 0.6) is 0 Å². The number of pyridine rings is 1. The fraction of sp³-hybridized carbons (Fsp3) is 0.474. The number of hydrogen-bond donors (Lipinski definition) is 2. The second-order valence-electron chi connectivity index (χ2n) is 6.83. The van der Waals surface area contributed by atoms with Crippen molar-refractivity contribution in [3.05, 3.63) is 47.5 Å². The number of likely N-dealkylation sites (N-methyl/N-ethyl adjacent to an activating group) is 1. The summed E-state index contributed by atoms with van der Waals surface area (Å²) in [6.07, 6.45) is 4.48. The first-order valence-corrected chi connectivity index (χ1v) is 9.48. The zero-order chi connectivity index (χ0) is 19.2. The van der Waals surface area contributed by atoms with E-state index >= 15 is 0 Å². The fourth-order valence-electron chi connectivity index (χ4n) is 3.28. The monoisotopic (exact) mass is 518 g/mol. The predicted octanol–water partition coefficient (Wildman–Crippen LogP) is 2.99. The van der Waals surface area contributed by atoms with E-state index in [2.05, 4.69) is 30.4 Å². The number of furan rings is 1. The van der Waals surface area contributed by atoms with Crippen LogP contribution in [-0.2, 0) is 0 Å². The number of rotatable bonds is 6. The molecule has 1 aliphatic rings. The number of hydrogen-bond acceptors (Lipinski definition) is 5. The lowest BCUT2D eigenvalue weighted by molar-refractivity contribution is 0.258. The minimum atomic E-state index is 0. The van der Waals surface area contributed by atoms with Crippen LogP contribution in [0.25, 0.3) is 0 Å². The van der Waals surface area contributed by atoms with Gasteiger partial charge < -0.3 is 20.0 Å². The largest absolute Gasteiger partial charge is 0.468 e. The topological polar surface area (TPSA) is 68.9 Å². The van der Waals surface area contributed by atoms with Crippen molar-refractivity contribution in [3.8, 4) is 0 Å². The number of nitrogens with one attached hydrogen (secondary N) is 2. The average molecular weight is 519 g/mol. The van der Waals surface area contributed by atoms with Crippen LogP contribution in [0.4, 0.5) is 5.82 Å². The Bertz CT molecular complexity index is 755. The van der Waals surface area contributed by atoms with E-state index in [1.807, 2.05) is 38.4 Å². The summed E-state index contributed by atoms with van der Waals surface area (Å²) < 4.78 is 5.56. The van der Waals surface area contributed by atoms with E-state index in [-0.39, 0.29) is 36.1 Å². The van der Waals surface area contributed by atoms with Crippen molar-refractivity contribution < 1.29 is 4.42 Å². The summed E-state index contributed by atoms with van der Waals surface area (Å²) in [7, 11) is 5.86. The van der Waals surface area contributed by atoms with E-state index < -0.39 is 0 Å². The van der Waals surface area contributed by atoms with Gasteiger partial charge in [-0.05, 0) is 44.8 Å². The molecule has 2 unspecified atom stereocenters. The maximum absolute atomic E-state index is 6.27. The minimum absolute atomic E-state index is 0. The summed E-state index contributed by atoms with van der Waals surface area (Å²) in [5.41, 5.74) is 0. The van der Waals surface area contributed by atoms with E-state index in [0.29, 0.717) is 11.6 Å². The van der Waals surface area contributed by atoms with Crippen molar-refractivity contribution in [3.63, 3.8) is 0 Å². The molecule has 0 bridgehead atoms. The lowest BCUT2D eigenvalue weighted by Crippen LogP contribution is -2.46. The third-order valence-corrected chi connectivity index (χ3v) is 5.04. The van der Waals surface area contributed by atoms with Crippen LogP contribution in [-0.4, -0.2) is 62.7 Å². The molecule has 9 heteroatoms. The van der Waals surface area contributed by atoms with Crippen molar-refractivity contribution in [1.29, 1.82) is 0 Å². The Hall–Kier alpha value is -1.52.